The summed E-state index contributed by atoms with van der Waals surface area (Å²) < 4.78 is 44.4. The van der Waals surface area contributed by atoms with Gasteiger partial charge in [0, 0.05) is 45.2 Å². The third-order valence-electron chi connectivity index (χ3n) is 6.06. The van der Waals surface area contributed by atoms with E-state index in [4.69, 9.17) is 9.73 Å². The third-order valence-corrected chi connectivity index (χ3v) is 6.06. The zero-order chi connectivity index (χ0) is 22.4. The van der Waals surface area contributed by atoms with E-state index in [0.717, 1.165) is 58.0 Å². The normalized spacial score (nSPS) is 25.6. The van der Waals surface area contributed by atoms with E-state index in [-0.39, 0.29) is 41.4 Å². The zero-order valence-electron chi connectivity index (χ0n) is 19.8. The molecule has 3 atom stereocenters. The van der Waals surface area contributed by atoms with Crippen molar-refractivity contribution in [2.75, 3.05) is 52.4 Å². The topological polar surface area (TPSA) is 40.1 Å². The molecule has 9 heteroatoms. The number of halogens is 4. The highest BCUT2D eigenvalue weighted by atomic mass is 127. The van der Waals surface area contributed by atoms with Gasteiger partial charge in [0.2, 0.25) is 0 Å². The summed E-state index contributed by atoms with van der Waals surface area (Å²) in [7, 11) is 0. The van der Waals surface area contributed by atoms with E-state index in [0.29, 0.717) is 19.0 Å². The molecule has 2 fully saturated rings. The van der Waals surface area contributed by atoms with E-state index in [9.17, 15) is 13.2 Å². The molecule has 0 saturated carbocycles. The van der Waals surface area contributed by atoms with Gasteiger partial charge in [-0.15, -0.1) is 24.0 Å². The van der Waals surface area contributed by atoms with Crippen molar-refractivity contribution in [3.05, 3.63) is 0 Å². The molecule has 1 N–H and O–H groups in total. The van der Waals surface area contributed by atoms with E-state index >= 15 is 0 Å². The molecule has 0 aromatic heterocycles. The molecule has 0 aliphatic carbocycles. The number of hydrogen-bond acceptors (Lipinski definition) is 3. The van der Waals surface area contributed by atoms with Crippen LogP contribution in [0.15, 0.2) is 4.99 Å². The van der Waals surface area contributed by atoms with Gasteiger partial charge in [0.05, 0.1) is 12.6 Å². The number of ether oxygens (including phenoxy) is 1. The van der Waals surface area contributed by atoms with Gasteiger partial charge in [-0.3, -0.25) is 9.89 Å². The summed E-state index contributed by atoms with van der Waals surface area (Å²) >= 11 is 0. The molecule has 5 nitrogen and oxygen atoms in total. The van der Waals surface area contributed by atoms with Crippen molar-refractivity contribution >= 4 is 29.9 Å². The van der Waals surface area contributed by atoms with Crippen LogP contribution in [0.25, 0.3) is 0 Å². The van der Waals surface area contributed by atoms with Crippen molar-refractivity contribution in [3.8, 4) is 0 Å². The van der Waals surface area contributed by atoms with Crippen molar-refractivity contribution in [1.29, 1.82) is 0 Å². The second-order valence-corrected chi connectivity index (χ2v) is 9.80. The Labute approximate surface area is 203 Å². The molecular formula is C22H42F3IN4O. The predicted molar refractivity (Wildman–Crippen MR) is 131 cm³/mol. The maximum Gasteiger partial charge on any atom is 0.401 e. The average Bonchev–Trinajstić information content (AvgIpc) is 3.11. The first kappa shape index (κ1) is 28.7. The Kier molecular flexibility index (Phi) is 11.9. The summed E-state index contributed by atoms with van der Waals surface area (Å²) in [4.78, 5) is 8.65. The largest absolute Gasteiger partial charge is 0.401 e. The van der Waals surface area contributed by atoms with E-state index in [1.165, 1.54) is 4.90 Å². The molecule has 2 aliphatic heterocycles. The van der Waals surface area contributed by atoms with Gasteiger partial charge >= 0.3 is 6.18 Å². The summed E-state index contributed by atoms with van der Waals surface area (Å²) in [5.41, 5.74) is 0.0831. The van der Waals surface area contributed by atoms with Crippen LogP contribution in [-0.2, 0) is 4.74 Å². The van der Waals surface area contributed by atoms with Crippen LogP contribution >= 0.6 is 24.0 Å². The van der Waals surface area contributed by atoms with E-state index in [2.05, 4.69) is 31.0 Å². The molecule has 0 spiro atoms. The number of alkyl halides is 3. The Morgan fingerprint density at radius 2 is 1.90 bits per heavy atom. The maximum absolute atomic E-state index is 12.8. The summed E-state index contributed by atoms with van der Waals surface area (Å²) in [6.07, 6.45) is -0.853. The standard InChI is InChI=1S/C22H41F3N4O.HI/c1-6-26-20(27-13-18-9-8-12-30-19(18)21(3,4)5)29-11-10-17(15-29)14-28(7-2)16-22(23,24)25;/h17-19H,6-16H2,1-5H3,(H,26,27);1H. The zero-order valence-corrected chi connectivity index (χ0v) is 22.1. The molecular weight excluding hydrogens is 520 g/mol. The van der Waals surface area contributed by atoms with Crippen molar-refractivity contribution in [2.45, 2.75) is 66.2 Å². The number of hydrogen-bond donors (Lipinski definition) is 1. The van der Waals surface area contributed by atoms with Gasteiger partial charge in [0.1, 0.15) is 0 Å². The summed E-state index contributed by atoms with van der Waals surface area (Å²) in [6.45, 7) is 14.5. The van der Waals surface area contributed by atoms with Crippen LogP contribution in [0.2, 0.25) is 0 Å². The van der Waals surface area contributed by atoms with Crippen LogP contribution in [-0.4, -0.2) is 80.5 Å². The summed E-state index contributed by atoms with van der Waals surface area (Å²) in [6, 6.07) is 0. The quantitative estimate of drug-likeness (QED) is 0.280. The molecule has 0 aromatic carbocycles. The lowest BCUT2D eigenvalue weighted by atomic mass is 9.78. The van der Waals surface area contributed by atoms with Gasteiger partial charge in [0.25, 0.3) is 0 Å². The number of likely N-dealkylation sites (tertiary alicyclic amines) is 1. The van der Waals surface area contributed by atoms with Crippen molar-refractivity contribution < 1.29 is 17.9 Å². The molecule has 0 radical (unpaired) electrons. The summed E-state index contributed by atoms with van der Waals surface area (Å²) in [5.74, 6) is 1.52. The minimum absolute atomic E-state index is 0. The molecule has 2 saturated heterocycles. The van der Waals surface area contributed by atoms with Crippen LogP contribution in [0.3, 0.4) is 0 Å². The van der Waals surface area contributed by atoms with Crippen LogP contribution in [0, 0.1) is 17.3 Å². The molecule has 0 aromatic rings. The monoisotopic (exact) mass is 562 g/mol. The minimum Gasteiger partial charge on any atom is -0.377 e. The highest BCUT2D eigenvalue weighted by Crippen LogP contribution is 2.34. The number of guanidine groups is 1. The molecule has 2 aliphatic rings. The lowest BCUT2D eigenvalue weighted by Gasteiger charge is -2.39. The Balaban J connectivity index is 0.00000480. The molecule has 0 amide bonds. The molecule has 2 rings (SSSR count). The fourth-order valence-electron chi connectivity index (χ4n) is 4.72. The fourth-order valence-corrected chi connectivity index (χ4v) is 4.72. The lowest BCUT2D eigenvalue weighted by molar-refractivity contribution is -0.146. The first-order chi connectivity index (χ1) is 14.0. The smallest absolute Gasteiger partial charge is 0.377 e. The molecule has 0 bridgehead atoms. The van der Waals surface area contributed by atoms with Crippen molar-refractivity contribution in [2.24, 2.45) is 22.2 Å². The van der Waals surface area contributed by atoms with Gasteiger partial charge < -0.3 is 15.0 Å². The van der Waals surface area contributed by atoms with Crippen LogP contribution in [0.4, 0.5) is 13.2 Å². The Hall–Kier alpha value is -0.290. The van der Waals surface area contributed by atoms with Crippen LogP contribution in [0.1, 0.15) is 53.9 Å². The molecule has 3 unspecified atom stereocenters. The van der Waals surface area contributed by atoms with Gasteiger partial charge in [-0.2, -0.15) is 13.2 Å². The highest BCUT2D eigenvalue weighted by molar-refractivity contribution is 14.0. The number of nitrogens with zero attached hydrogens (tertiary/aromatic N) is 3. The van der Waals surface area contributed by atoms with Crippen molar-refractivity contribution in [1.82, 2.24) is 15.1 Å². The maximum atomic E-state index is 12.8. The van der Waals surface area contributed by atoms with E-state index < -0.39 is 12.7 Å². The highest BCUT2D eigenvalue weighted by Gasteiger charge is 2.36. The number of aliphatic imine (C=N–C) groups is 1. The molecule has 2 heterocycles. The third kappa shape index (κ3) is 9.61. The summed E-state index contributed by atoms with van der Waals surface area (Å²) in [5, 5.41) is 3.39. The fraction of sp³-hybridized carbons (Fsp3) is 0.955. The Morgan fingerprint density at radius 1 is 1.19 bits per heavy atom. The average molecular weight is 563 g/mol. The Bertz CT molecular complexity index is 554. The van der Waals surface area contributed by atoms with Gasteiger partial charge in [-0.1, -0.05) is 27.7 Å². The van der Waals surface area contributed by atoms with Gasteiger partial charge in [0.15, 0.2) is 5.96 Å². The molecule has 31 heavy (non-hydrogen) atoms. The minimum atomic E-state index is -4.14. The van der Waals surface area contributed by atoms with Crippen LogP contribution < -0.4 is 5.32 Å². The second kappa shape index (κ2) is 12.8. The van der Waals surface area contributed by atoms with E-state index in [1.54, 1.807) is 6.92 Å². The SMILES string of the molecule is CCNC(=NCC1CCCOC1C(C)(C)C)N1CCC(CN(CC)CC(F)(F)F)C1.I. The number of rotatable bonds is 7. The predicted octanol–water partition coefficient (Wildman–Crippen LogP) is 4.62. The van der Waals surface area contributed by atoms with Gasteiger partial charge in [-0.25, -0.2) is 0 Å². The first-order valence-electron chi connectivity index (χ1n) is 11.5. The van der Waals surface area contributed by atoms with Gasteiger partial charge in [-0.05, 0) is 44.1 Å². The second-order valence-electron chi connectivity index (χ2n) is 9.80. The van der Waals surface area contributed by atoms with Crippen molar-refractivity contribution in [3.63, 3.8) is 0 Å². The lowest BCUT2D eigenvalue weighted by Crippen LogP contribution is -2.44. The first-order valence-corrected chi connectivity index (χ1v) is 11.5. The van der Waals surface area contributed by atoms with Crippen LogP contribution in [0.5, 0.6) is 0 Å². The Morgan fingerprint density at radius 3 is 2.48 bits per heavy atom. The number of nitrogens with one attached hydrogen (secondary N) is 1. The van der Waals surface area contributed by atoms with E-state index in [1.807, 2.05) is 6.92 Å². The molecule has 184 valence electrons.